The molecule has 4 heterocycles. The van der Waals surface area contributed by atoms with E-state index in [-0.39, 0.29) is 20.1 Å². The summed E-state index contributed by atoms with van der Waals surface area (Å²) >= 11 is 0. The maximum absolute atomic E-state index is 6.19. The number of hydrogen-bond acceptors (Lipinski definition) is 4. The molecule has 0 amide bonds. The molecule has 4 aromatic heterocycles. The third-order valence-electron chi connectivity index (χ3n) is 8.70. The van der Waals surface area contributed by atoms with Crippen LogP contribution in [0.15, 0.2) is 77.5 Å². The smallest absolute Gasteiger partial charge is 0.139 e. The fourth-order valence-corrected chi connectivity index (χ4v) is 7.45. The van der Waals surface area contributed by atoms with Crippen LogP contribution in [0.5, 0.6) is 0 Å². The summed E-state index contributed by atoms with van der Waals surface area (Å²) in [4.78, 5) is 14.0. The zero-order valence-electron chi connectivity index (χ0n) is 29.5. The van der Waals surface area contributed by atoms with Gasteiger partial charge >= 0.3 is 0 Å². The molecule has 6 aromatic rings. The standard InChI is InChI=1S/C23H23N2O.C18H24NSi.Ir/c1-13(2)16(5)17-10-11-24-19(12-17)18-8-6-14(3)21-22-20(26-23(18)21)9-7-15(4)25-22;1-14(2)11-16-12-17(15-9-7-6-8-10-15)19-13-18(16)20(3,4)5;/h6-7,9-13,16H,1-5H3;6-9,12-14H,11H2,1-5H3;/q2*-1;. The Balaban J connectivity index is 0.000000216. The van der Waals surface area contributed by atoms with Gasteiger partial charge in [-0.3, -0.25) is 4.98 Å². The Morgan fingerprint density at radius 1 is 0.872 bits per heavy atom. The Morgan fingerprint density at radius 2 is 1.64 bits per heavy atom. The molecule has 0 saturated heterocycles. The van der Waals surface area contributed by atoms with Crippen molar-refractivity contribution in [3.05, 3.63) is 108 Å². The summed E-state index contributed by atoms with van der Waals surface area (Å²) in [6.07, 6.45) is 5.12. The zero-order valence-corrected chi connectivity index (χ0v) is 32.8. The van der Waals surface area contributed by atoms with E-state index in [9.17, 15) is 0 Å². The number of benzene rings is 2. The normalized spacial score (nSPS) is 12.3. The molecule has 0 bridgehead atoms. The quantitative estimate of drug-likeness (QED) is 0.119. The summed E-state index contributed by atoms with van der Waals surface area (Å²) in [5.41, 5.74) is 11.3. The third kappa shape index (κ3) is 8.35. The number of nitrogens with zero attached hydrogens (tertiary/aromatic N) is 3. The average Bonchev–Trinajstić information content (AvgIpc) is 3.40. The summed E-state index contributed by atoms with van der Waals surface area (Å²) in [6, 6.07) is 27.2. The van der Waals surface area contributed by atoms with E-state index in [0.29, 0.717) is 17.8 Å². The Labute approximate surface area is 295 Å². The maximum atomic E-state index is 6.19. The van der Waals surface area contributed by atoms with Crippen molar-refractivity contribution in [3.8, 4) is 22.5 Å². The molecule has 6 rings (SSSR count). The van der Waals surface area contributed by atoms with Gasteiger partial charge < -0.3 is 14.4 Å². The van der Waals surface area contributed by atoms with Crippen LogP contribution in [0, 0.1) is 37.8 Å². The number of rotatable bonds is 7. The molecule has 0 aliphatic rings. The molecular weight excluding hydrogens is 771 g/mol. The van der Waals surface area contributed by atoms with E-state index in [4.69, 9.17) is 9.40 Å². The van der Waals surface area contributed by atoms with Crippen molar-refractivity contribution in [2.45, 2.75) is 80.4 Å². The summed E-state index contributed by atoms with van der Waals surface area (Å²) in [7, 11) is -1.34. The SMILES string of the molecule is CC(C)Cc1cc(-c2[c-]cccc2)ncc1[Si](C)(C)C.Cc1ccc2oc3c(-c4cc(C(C)C(C)C)ccn4)[c-]cc(C)c3c2n1.[Ir]. The van der Waals surface area contributed by atoms with Crippen LogP contribution >= 0.6 is 0 Å². The van der Waals surface area contributed by atoms with Crippen LogP contribution in [0.3, 0.4) is 0 Å². The topological polar surface area (TPSA) is 51.8 Å². The van der Waals surface area contributed by atoms with E-state index in [1.165, 1.54) is 16.3 Å². The van der Waals surface area contributed by atoms with E-state index in [2.05, 4.69) is 114 Å². The van der Waals surface area contributed by atoms with Gasteiger partial charge in [-0.15, -0.1) is 53.6 Å². The molecule has 0 spiro atoms. The molecule has 0 N–H and O–H groups in total. The van der Waals surface area contributed by atoms with Gasteiger partial charge in [-0.25, -0.2) is 0 Å². The monoisotopic (exact) mass is 818 g/mol. The summed E-state index contributed by atoms with van der Waals surface area (Å²) < 4.78 is 6.19. The molecular formula is C41H47IrN3OSi-2. The summed E-state index contributed by atoms with van der Waals surface area (Å²) in [5, 5.41) is 2.55. The van der Waals surface area contributed by atoms with Crippen molar-refractivity contribution < 1.29 is 24.5 Å². The first-order valence-corrected chi connectivity index (χ1v) is 20.0. The van der Waals surface area contributed by atoms with Gasteiger partial charge in [0.15, 0.2) is 0 Å². The van der Waals surface area contributed by atoms with Crippen LogP contribution < -0.4 is 5.19 Å². The number of aryl methyl sites for hydroxylation is 2. The second-order valence-corrected chi connectivity index (χ2v) is 19.3. The first-order chi connectivity index (χ1) is 21.8. The fourth-order valence-electron chi connectivity index (χ4n) is 5.86. The third-order valence-corrected chi connectivity index (χ3v) is 10.8. The van der Waals surface area contributed by atoms with Gasteiger partial charge in [0, 0.05) is 38.2 Å². The van der Waals surface area contributed by atoms with E-state index in [0.717, 1.165) is 62.3 Å². The summed E-state index contributed by atoms with van der Waals surface area (Å²) in [6.45, 7) is 22.6. The first kappa shape index (κ1) is 36.4. The van der Waals surface area contributed by atoms with E-state index >= 15 is 0 Å². The predicted molar refractivity (Wildman–Crippen MR) is 196 cm³/mol. The van der Waals surface area contributed by atoms with Crippen LogP contribution in [-0.2, 0) is 26.5 Å². The van der Waals surface area contributed by atoms with Crippen molar-refractivity contribution in [3.63, 3.8) is 0 Å². The number of hydrogen-bond donors (Lipinski definition) is 0. The van der Waals surface area contributed by atoms with E-state index in [1.807, 2.05) is 49.5 Å². The van der Waals surface area contributed by atoms with Gasteiger partial charge in [-0.2, -0.15) is 0 Å². The molecule has 47 heavy (non-hydrogen) atoms. The number of fused-ring (bicyclic) bond motifs is 3. The molecule has 247 valence electrons. The average molecular weight is 818 g/mol. The molecule has 0 saturated carbocycles. The Kier molecular flexibility index (Phi) is 11.8. The van der Waals surface area contributed by atoms with Gasteiger partial charge in [0.2, 0.25) is 0 Å². The van der Waals surface area contributed by atoms with Crippen LogP contribution in [0.25, 0.3) is 44.6 Å². The predicted octanol–water partition coefficient (Wildman–Crippen LogP) is 10.5. The van der Waals surface area contributed by atoms with Crippen LogP contribution in [0.4, 0.5) is 0 Å². The molecule has 0 aliphatic carbocycles. The molecule has 4 nitrogen and oxygen atoms in total. The number of pyridine rings is 3. The van der Waals surface area contributed by atoms with Crippen molar-refractivity contribution in [2.75, 3.05) is 0 Å². The molecule has 1 atom stereocenters. The number of furan rings is 1. The van der Waals surface area contributed by atoms with Gasteiger partial charge in [0.05, 0.1) is 19.2 Å². The van der Waals surface area contributed by atoms with Gasteiger partial charge in [0.25, 0.3) is 0 Å². The molecule has 1 unspecified atom stereocenters. The van der Waals surface area contributed by atoms with Crippen molar-refractivity contribution in [1.82, 2.24) is 15.0 Å². The Bertz CT molecular complexity index is 1960. The molecule has 0 aliphatic heterocycles. The minimum atomic E-state index is -1.34. The minimum Gasteiger partial charge on any atom is -0.499 e. The van der Waals surface area contributed by atoms with E-state index in [1.54, 1.807) is 0 Å². The minimum absolute atomic E-state index is 0. The second-order valence-electron chi connectivity index (χ2n) is 14.3. The van der Waals surface area contributed by atoms with Crippen molar-refractivity contribution in [1.29, 1.82) is 0 Å². The van der Waals surface area contributed by atoms with Gasteiger partial charge in [-0.1, -0.05) is 90.0 Å². The van der Waals surface area contributed by atoms with Crippen molar-refractivity contribution in [2.24, 2.45) is 11.8 Å². The first-order valence-electron chi connectivity index (χ1n) is 16.5. The van der Waals surface area contributed by atoms with E-state index < -0.39 is 8.07 Å². The molecule has 6 heteroatoms. The summed E-state index contributed by atoms with van der Waals surface area (Å²) in [5.74, 6) is 1.71. The Morgan fingerprint density at radius 3 is 2.30 bits per heavy atom. The van der Waals surface area contributed by atoms with Crippen LogP contribution in [-0.4, -0.2) is 23.0 Å². The second kappa shape index (κ2) is 15.2. The Hall–Kier alpha value is -3.44. The largest absolute Gasteiger partial charge is 0.499 e. The van der Waals surface area contributed by atoms with Gasteiger partial charge in [-0.05, 0) is 71.3 Å². The molecule has 2 aromatic carbocycles. The number of aromatic nitrogens is 3. The molecule has 0 fully saturated rings. The molecule has 1 radical (unpaired) electrons. The zero-order chi connectivity index (χ0) is 33.2. The van der Waals surface area contributed by atoms with Crippen LogP contribution in [0.1, 0.15) is 62.9 Å². The van der Waals surface area contributed by atoms with Crippen LogP contribution in [0.2, 0.25) is 19.6 Å². The van der Waals surface area contributed by atoms with Gasteiger partial charge in [0.1, 0.15) is 5.58 Å². The maximum Gasteiger partial charge on any atom is 0.139 e. The fraction of sp³-hybridized carbons (Fsp3) is 0.341. The van der Waals surface area contributed by atoms with Crippen molar-refractivity contribution >= 4 is 35.3 Å².